The Bertz CT molecular complexity index is 298. The first-order valence-corrected chi connectivity index (χ1v) is 4.84. The van der Waals surface area contributed by atoms with Gasteiger partial charge in [0.2, 0.25) is 0 Å². The molecule has 1 unspecified atom stereocenters. The van der Waals surface area contributed by atoms with Crippen LogP contribution < -0.4 is 10.6 Å². The highest BCUT2D eigenvalue weighted by Crippen LogP contribution is 2.11. The molecule has 0 aliphatic heterocycles. The maximum absolute atomic E-state index is 11.3. The lowest BCUT2D eigenvalue weighted by Crippen LogP contribution is -2.43. The van der Waals surface area contributed by atoms with E-state index in [1.807, 2.05) is 6.92 Å². The normalized spacial score (nSPS) is 14.3. The summed E-state index contributed by atoms with van der Waals surface area (Å²) < 4.78 is 5.14. The minimum absolute atomic E-state index is 0.0808. The Morgan fingerprint density at radius 3 is 2.80 bits per heavy atom. The second-order valence-electron chi connectivity index (χ2n) is 3.44. The second-order valence-corrected chi connectivity index (χ2v) is 3.44. The molecule has 0 radical (unpaired) electrons. The van der Waals surface area contributed by atoms with E-state index in [1.54, 1.807) is 25.3 Å². The lowest BCUT2D eigenvalue weighted by atomic mass is 10.2. The smallest absolute Gasteiger partial charge is 0.315 e. The fourth-order valence-corrected chi connectivity index (χ4v) is 1.12. The fraction of sp³-hybridized carbons (Fsp3) is 0.500. The number of aliphatic hydroxyl groups is 1. The lowest BCUT2D eigenvalue weighted by Gasteiger charge is -2.15. The number of carbonyl (C=O) groups excluding carboxylic acids is 1. The zero-order valence-electron chi connectivity index (χ0n) is 8.86. The summed E-state index contributed by atoms with van der Waals surface area (Å²) in [5.74, 6) is 0.696. The van der Waals surface area contributed by atoms with E-state index in [0.29, 0.717) is 5.76 Å². The van der Waals surface area contributed by atoms with E-state index in [1.165, 1.54) is 0 Å². The maximum atomic E-state index is 11.3. The second kappa shape index (κ2) is 5.41. The van der Waals surface area contributed by atoms with Gasteiger partial charge >= 0.3 is 6.03 Å². The van der Waals surface area contributed by atoms with Crippen molar-refractivity contribution in [3.8, 4) is 0 Å². The molecule has 1 aromatic heterocycles. The van der Waals surface area contributed by atoms with Crippen LogP contribution in [0, 0.1) is 0 Å². The van der Waals surface area contributed by atoms with Crippen molar-refractivity contribution in [2.24, 2.45) is 0 Å². The van der Waals surface area contributed by atoms with Gasteiger partial charge in [-0.25, -0.2) is 4.79 Å². The van der Waals surface area contributed by atoms with Gasteiger partial charge < -0.3 is 20.2 Å². The Morgan fingerprint density at radius 1 is 1.53 bits per heavy atom. The number of amides is 2. The van der Waals surface area contributed by atoms with Crippen LogP contribution in [0.4, 0.5) is 4.79 Å². The Hall–Kier alpha value is -1.49. The highest BCUT2D eigenvalue weighted by molar-refractivity contribution is 5.74. The van der Waals surface area contributed by atoms with Crippen LogP contribution in [0.2, 0.25) is 0 Å². The van der Waals surface area contributed by atoms with E-state index in [2.05, 4.69) is 10.6 Å². The van der Waals surface area contributed by atoms with E-state index < -0.39 is 0 Å². The molecule has 0 saturated carbocycles. The molecular formula is C10H16N2O3. The monoisotopic (exact) mass is 212 g/mol. The van der Waals surface area contributed by atoms with Gasteiger partial charge in [-0.1, -0.05) is 0 Å². The summed E-state index contributed by atoms with van der Waals surface area (Å²) in [5.41, 5.74) is 0. The van der Waals surface area contributed by atoms with Crippen LogP contribution in [-0.2, 0) is 0 Å². The maximum Gasteiger partial charge on any atom is 0.315 e. The van der Waals surface area contributed by atoms with Crippen molar-refractivity contribution in [3.63, 3.8) is 0 Å². The van der Waals surface area contributed by atoms with Gasteiger partial charge in [-0.3, -0.25) is 0 Å². The van der Waals surface area contributed by atoms with Crippen molar-refractivity contribution in [2.75, 3.05) is 6.61 Å². The molecule has 15 heavy (non-hydrogen) atoms. The predicted molar refractivity (Wildman–Crippen MR) is 55.3 cm³/mol. The van der Waals surface area contributed by atoms with Crippen molar-refractivity contribution in [2.45, 2.75) is 25.9 Å². The first kappa shape index (κ1) is 11.6. The molecule has 1 rings (SSSR count). The van der Waals surface area contributed by atoms with E-state index in [0.717, 1.165) is 0 Å². The van der Waals surface area contributed by atoms with Crippen molar-refractivity contribution in [3.05, 3.63) is 24.2 Å². The standard InChI is InChI=1S/C10H16N2O3/c1-7(6-13)11-10(14)12-8(2)9-4-3-5-15-9/h3-5,7-8,13H,6H2,1-2H3,(H2,11,12,14)/t7-,8?/m0/s1. The first-order chi connectivity index (χ1) is 7.13. The molecule has 0 bridgehead atoms. The van der Waals surface area contributed by atoms with Crippen molar-refractivity contribution in [1.82, 2.24) is 10.6 Å². The molecule has 5 heteroatoms. The molecule has 1 aromatic rings. The predicted octanol–water partition coefficient (Wildman–Crippen LogP) is 1.02. The van der Waals surface area contributed by atoms with Gasteiger partial charge in [0.1, 0.15) is 5.76 Å². The summed E-state index contributed by atoms with van der Waals surface area (Å²) in [6, 6.07) is 2.79. The van der Waals surface area contributed by atoms with Crippen LogP contribution in [0.1, 0.15) is 25.6 Å². The minimum Gasteiger partial charge on any atom is -0.467 e. The number of nitrogens with one attached hydrogen (secondary N) is 2. The molecule has 0 fully saturated rings. The summed E-state index contributed by atoms with van der Waals surface area (Å²) in [6.07, 6.45) is 1.56. The minimum atomic E-state index is -0.319. The van der Waals surface area contributed by atoms with Gasteiger partial charge in [0.15, 0.2) is 0 Å². The highest BCUT2D eigenvalue weighted by atomic mass is 16.3. The number of rotatable bonds is 4. The molecular weight excluding hydrogens is 196 g/mol. The topological polar surface area (TPSA) is 74.5 Å². The van der Waals surface area contributed by atoms with Crippen LogP contribution in [0.3, 0.4) is 0 Å². The molecule has 1 heterocycles. The van der Waals surface area contributed by atoms with E-state index >= 15 is 0 Å². The molecule has 2 atom stereocenters. The molecule has 84 valence electrons. The first-order valence-electron chi connectivity index (χ1n) is 4.84. The van der Waals surface area contributed by atoms with E-state index in [4.69, 9.17) is 9.52 Å². The van der Waals surface area contributed by atoms with Crippen LogP contribution >= 0.6 is 0 Å². The molecule has 0 aliphatic rings. The summed E-state index contributed by atoms with van der Waals surface area (Å²) in [7, 11) is 0. The molecule has 2 amide bonds. The van der Waals surface area contributed by atoms with Crippen molar-refractivity contribution < 1.29 is 14.3 Å². The average Bonchev–Trinajstić information content (AvgIpc) is 2.70. The summed E-state index contributed by atoms with van der Waals surface area (Å²) in [4.78, 5) is 11.3. The SMILES string of the molecule is CC(NC(=O)N[C@@H](C)CO)c1ccco1. The largest absolute Gasteiger partial charge is 0.467 e. The Labute approximate surface area is 88.5 Å². The third-order valence-electron chi connectivity index (χ3n) is 1.97. The van der Waals surface area contributed by atoms with E-state index in [9.17, 15) is 4.79 Å². The van der Waals surface area contributed by atoms with E-state index in [-0.39, 0.29) is 24.7 Å². The summed E-state index contributed by atoms with van der Waals surface area (Å²) in [5, 5.41) is 14.0. The molecule has 3 N–H and O–H groups in total. The number of hydrogen-bond acceptors (Lipinski definition) is 3. The molecule has 0 spiro atoms. The lowest BCUT2D eigenvalue weighted by molar-refractivity contribution is 0.217. The van der Waals surface area contributed by atoms with Gasteiger partial charge in [-0.15, -0.1) is 0 Å². The van der Waals surface area contributed by atoms with Crippen LogP contribution in [0.5, 0.6) is 0 Å². The fourth-order valence-electron chi connectivity index (χ4n) is 1.12. The molecule has 0 aliphatic carbocycles. The third-order valence-corrected chi connectivity index (χ3v) is 1.97. The summed E-state index contributed by atoms with van der Waals surface area (Å²) >= 11 is 0. The van der Waals surface area contributed by atoms with Gasteiger partial charge in [-0.05, 0) is 26.0 Å². The van der Waals surface area contributed by atoms with Gasteiger partial charge in [0.25, 0.3) is 0 Å². The van der Waals surface area contributed by atoms with Crippen molar-refractivity contribution >= 4 is 6.03 Å². The van der Waals surface area contributed by atoms with Gasteiger partial charge in [0, 0.05) is 0 Å². The van der Waals surface area contributed by atoms with Crippen LogP contribution in [0.15, 0.2) is 22.8 Å². The summed E-state index contributed by atoms with van der Waals surface area (Å²) in [6.45, 7) is 3.46. The number of aliphatic hydroxyl groups excluding tert-OH is 1. The van der Waals surface area contributed by atoms with Crippen LogP contribution in [-0.4, -0.2) is 23.8 Å². The quantitative estimate of drug-likeness (QED) is 0.697. The number of urea groups is 1. The Kier molecular flexibility index (Phi) is 4.17. The molecule has 5 nitrogen and oxygen atoms in total. The van der Waals surface area contributed by atoms with Crippen LogP contribution in [0.25, 0.3) is 0 Å². The Balaban J connectivity index is 2.38. The zero-order valence-corrected chi connectivity index (χ0v) is 8.86. The van der Waals surface area contributed by atoms with Crippen molar-refractivity contribution in [1.29, 1.82) is 0 Å². The number of furan rings is 1. The number of carbonyl (C=O) groups is 1. The zero-order chi connectivity index (χ0) is 11.3. The Morgan fingerprint density at radius 2 is 2.27 bits per heavy atom. The van der Waals surface area contributed by atoms with Gasteiger partial charge in [0.05, 0.1) is 25.0 Å². The third kappa shape index (κ3) is 3.63. The highest BCUT2D eigenvalue weighted by Gasteiger charge is 2.12. The number of hydrogen-bond donors (Lipinski definition) is 3. The van der Waals surface area contributed by atoms with Gasteiger partial charge in [-0.2, -0.15) is 0 Å². The molecule has 0 aromatic carbocycles. The molecule has 0 saturated heterocycles. The average molecular weight is 212 g/mol.